The van der Waals surface area contributed by atoms with Gasteiger partial charge >= 0.3 is 0 Å². The average molecular weight is 234 g/mol. The molecule has 0 aliphatic carbocycles. The van der Waals surface area contributed by atoms with Crippen molar-refractivity contribution in [1.29, 1.82) is 0 Å². The number of hydrogen-bond donors (Lipinski definition) is 2. The third kappa shape index (κ3) is 3.95. The van der Waals surface area contributed by atoms with Crippen LogP contribution < -0.4 is 11.1 Å². The number of nitrogens with one attached hydrogen (secondary N) is 1. The summed E-state index contributed by atoms with van der Waals surface area (Å²) in [5.74, 6) is 0. The maximum atomic E-state index is 6.03. The number of nitrogens with two attached hydrogens (primary N) is 1. The van der Waals surface area contributed by atoms with Gasteiger partial charge in [-0.1, -0.05) is 27.2 Å². The number of hydrogen-bond acceptors (Lipinski definition) is 2. The molecule has 0 heterocycles. The van der Waals surface area contributed by atoms with Crippen LogP contribution >= 0.6 is 0 Å². The van der Waals surface area contributed by atoms with Gasteiger partial charge in [0.2, 0.25) is 0 Å². The van der Waals surface area contributed by atoms with E-state index in [9.17, 15) is 0 Å². The fourth-order valence-corrected chi connectivity index (χ4v) is 2.09. The van der Waals surface area contributed by atoms with E-state index in [0.717, 1.165) is 17.9 Å². The van der Waals surface area contributed by atoms with Gasteiger partial charge in [0.15, 0.2) is 0 Å². The van der Waals surface area contributed by atoms with Gasteiger partial charge in [0.1, 0.15) is 0 Å². The lowest BCUT2D eigenvalue weighted by molar-refractivity contribution is 0.355. The van der Waals surface area contributed by atoms with Gasteiger partial charge in [-0.05, 0) is 48.9 Å². The van der Waals surface area contributed by atoms with Crippen LogP contribution in [0.25, 0.3) is 0 Å². The Hall–Kier alpha value is -1.18. The Bertz CT molecular complexity index is 381. The minimum Gasteiger partial charge on any atom is -0.397 e. The lowest BCUT2D eigenvalue weighted by atomic mass is 9.88. The molecule has 0 saturated carbocycles. The quantitative estimate of drug-likeness (QED) is 0.752. The highest BCUT2D eigenvalue weighted by Crippen LogP contribution is 2.27. The minimum absolute atomic E-state index is 0.319. The van der Waals surface area contributed by atoms with E-state index in [4.69, 9.17) is 5.73 Å². The fraction of sp³-hybridized carbons (Fsp3) is 0.600. The van der Waals surface area contributed by atoms with Gasteiger partial charge in [0, 0.05) is 6.54 Å². The monoisotopic (exact) mass is 234 g/mol. The van der Waals surface area contributed by atoms with Crippen molar-refractivity contribution in [1.82, 2.24) is 0 Å². The highest BCUT2D eigenvalue weighted by atomic mass is 14.9. The molecular formula is C15H26N2. The smallest absolute Gasteiger partial charge is 0.0576 e. The summed E-state index contributed by atoms with van der Waals surface area (Å²) in [6.45, 7) is 12.0. The Labute approximate surface area is 106 Å². The van der Waals surface area contributed by atoms with Crippen molar-refractivity contribution in [2.75, 3.05) is 17.6 Å². The number of benzene rings is 1. The molecule has 0 saturated heterocycles. The van der Waals surface area contributed by atoms with Crippen molar-refractivity contribution < 1.29 is 0 Å². The van der Waals surface area contributed by atoms with E-state index in [1.165, 1.54) is 24.0 Å². The third-order valence-electron chi connectivity index (χ3n) is 3.35. The highest BCUT2D eigenvalue weighted by Gasteiger charge is 2.16. The molecule has 0 fully saturated rings. The van der Waals surface area contributed by atoms with Crippen LogP contribution in [-0.2, 0) is 0 Å². The molecular weight excluding hydrogens is 208 g/mol. The van der Waals surface area contributed by atoms with Crippen LogP contribution in [0.15, 0.2) is 12.1 Å². The average Bonchev–Trinajstić information content (AvgIpc) is 2.21. The summed E-state index contributed by atoms with van der Waals surface area (Å²) in [7, 11) is 0. The van der Waals surface area contributed by atoms with Crippen LogP contribution in [0.3, 0.4) is 0 Å². The molecule has 0 aromatic heterocycles. The van der Waals surface area contributed by atoms with Crippen molar-refractivity contribution in [2.45, 2.75) is 47.5 Å². The van der Waals surface area contributed by atoms with E-state index >= 15 is 0 Å². The summed E-state index contributed by atoms with van der Waals surface area (Å²) in [4.78, 5) is 0. The molecule has 17 heavy (non-hydrogen) atoms. The molecule has 96 valence electrons. The van der Waals surface area contributed by atoms with Crippen LogP contribution in [0.1, 0.15) is 44.7 Å². The molecule has 0 radical (unpaired) electrons. The molecule has 3 N–H and O–H groups in total. The summed E-state index contributed by atoms with van der Waals surface area (Å²) in [6.07, 6.45) is 2.45. The Morgan fingerprint density at radius 3 is 2.35 bits per heavy atom. The molecule has 0 aliphatic heterocycles. The molecule has 0 unspecified atom stereocenters. The lowest BCUT2D eigenvalue weighted by Crippen LogP contribution is -2.23. The first-order valence-electron chi connectivity index (χ1n) is 6.46. The number of anilines is 2. The van der Waals surface area contributed by atoms with Crippen LogP contribution in [0.4, 0.5) is 11.4 Å². The molecule has 0 spiro atoms. The first-order chi connectivity index (χ1) is 7.85. The van der Waals surface area contributed by atoms with Crippen LogP contribution in [0, 0.1) is 19.3 Å². The van der Waals surface area contributed by atoms with Crippen molar-refractivity contribution >= 4 is 11.4 Å². The van der Waals surface area contributed by atoms with Crippen molar-refractivity contribution in [3.8, 4) is 0 Å². The number of rotatable bonds is 5. The number of nitrogen functional groups attached to an aromatic ring is 1. The molecule has 2 nitrogen and oxygen atoms in total. The first-order valence-corrected chi connectivity index (χ1v) is 6.46. The molecule has 0 aliphatic rings. The SMILES string of the molecule is CCCC(C)(C)CNc1cc(C)c(C)cc1N. The van der Waals surface area contributed by atoms with Gasteiger partial charge in [-0.3, -0.25) is 0 Å². The highest BCUT2D eigenvalue weighted by molar-refractivity contribution is 5.68. The fourth-order valence-electron chi connectivity index (χ4n) is 2.09. The van der Waals surface area contributed by atoms with Gasteiger partial charge in [-0.2, -0.15) is 0 Å². The van der Waals surface area contributed by atoms with Crippen LogP contribution in [0.5, 0.6) is 0 Å². The second-order valence-corrected chi connectivity index (χ2v) is 5.79. The first kappa shape index (κ1) is 13.9. The molecule has 1 aromatic rings. The predicted octanol–water partition coefficient (Wildman–Crippen LogP) is 4.12. The summed E-state index contributed by atoms with van der Waals surface area (Å²) >= 11 is 0. The van der Waals surface area contributed by atoms with Gasteiger partial charge < -0.3 is 11.1 Å². The zero-order chi connectivity index (χ0) is 13.1. The summed E-state index contributed by atoms with van der Waals surface area (Å²) in [5, 5.41) is 3.48. The second kappa shape index (κ2) is 5.44. The molecule has 0 atom stereocenters. The van der Waals surface area contributed by atoms with Gasteiger partial charge in [-0.15, -0.1) is 0 Å². The summed E-state index contributed by atoms with van der Waals surface area (Å²) in [6, 6.07) is 4.19. The van der Waals surface area contributed by atoms with Gasteiger partial charge in [-0.25, -0.2) is 0 Å². The maximum Gasteiger partial charge on any atom is 0.0576 e. The van der Waals surface area contributed by atoms with E-state index in [1.807, 2.05) is 6.07 Å². The van der Waals surface area contributed by atoms with Crippen molar-refractivity contribution in [3.05, 3.63) is 23.3 Å². The largest absolute Gasteiger partial charge is 0.397 e. The van der Waals surface area contributed by atoms with E-state index in [1.54, 1.807) is 0 Å². The number of aryl methyl sites for hydroxylation is 2. The standard InChI is InChI=1S/C15H26N2/c1-6-7-15(4,5)10-17-14-9-12(3)11(2)8-13(14)16/h8-9,17H,6-7,10,16H2,1-5H3. The molecule has 0 amide bonds. The lowest BCUT2D eigenvalue weighted by Gasteiger charge is -2.25. The van der Waals surface area contributed by atoms with Gasteiger partial charge in [0.05, 0.1) is 11.4 Å². The molecule has 0 bridgehead atoms. The van der Waals surface area contributed by atoms with E-state index in [0.29, 0.717) is 5.41 Å². The van der Waals surface area contributed by atoms with E-state index in [2.05, 4.69) is 46.0 Å². The molecule has 1 aromatic carbocycles. The van der Waals surface area contributed by atoms with E-state index in [-0.39, 0.29) is 0 Å². The van der Waals surface area contributed by atoms with Crippen LogP contribution in [-0.4, -0.2) is 6.54 Å². The normalized spacial score (nSPS) is 11.6. The minimum atomic E-state index is 0.319. The maximum absolute atomic E-state index is 6.03. The topological polar surface area (TPSA) is 38.0 Å². The van der Waals surface area contributed by atoms with Crippen molar-refractivity contribution in [2.24, 2.45) is 5.41 Å². The predicted molar refractivity (Wildman–Crippen MR) is 77.5 cm³/mol. The van der Waals surface area contributed by atoms with Gasteiger partial charge in [0.25, 0.3) is 0 Å². The van der Waals surface area contributed by atoms with Crippen molar-refractivity contribution in [3.63, 3.8) is 0 Å². The third-order valence-corrected chi connectivity index (χ3v) is 3.35. The van der Waals surface area contributed by atoms with Crippen LogP contribution in [0.2, 0.25) is 0 Å². The molecule has 1 rings (SSSR count). The summed E-state index contributed by atoms with van der Waals surface area (Å²) in [5.41, 5.74) is 10.8. The zero-order valence-electron chi connectivity index (χ0n) is 11.9. The Kier molecular flexibility index (Phi) is 4.44. The Morgan fingerprint density at radius 1 is 1.18 bits per heavy atom. The Balaban J connectivity index is 2.73. The molecule has 2 heteroatoms. The summed E-state index contributed by atoms with van der Waals surface area (Å²) < 4.78 is 0. The second-order valence-electron chi connectivity index (χ2n) is 5.79. The Morgan fingerprint density at radius 2 is 1.76 bits per heavy atom. The zero-order valence-corrected chi connectivity index (χ0v) is 11.9. The van der Waals surface area contributed by atoms with E-state index < -0.39 is 0 Å².